The monoisotopic (exact) mass is 399 g/mol. The third-order valence-corrected chi connectivity index (χ3v) is 4.95. The fraction of sp³-hybridized carbons (Fsp3) is 0.500. The van der Waals surface area contributed by atoms with Crippen molar-refractivity contribution < 1.29 is 22.8 Å². The molecule has 28 heavy (non-hydrogen) atoms. The van der Waals surface area contributed by atoms with Gasteiger partial charge in [-0.1, -0.05) is 18.9 Å². The van der Waals surface area contributed by atoms with Crippen LogP contribution in [0.5, 0.6) is 0 Å². The standard InChI is InChI=1S/C19H25F3N2O.CH3NO/c1-4-13-23(2)16-7-5-6-8-17(16)24(3)18(25)14-9-11-15(12-10-14)19(20,21)22;2-1-3/h4,9-12,16-17H,1,5-8,13H2,2-3H3;1H,(H2,2,3). The van der Waals surface area contributed by atoms with Crippen molar-refractivity contribution in [3.05, 3.63) is 48.0 Å². The van der Waals surface area contributed by atoms with Crippen LogP contribution < -0.4 is 5.73 Å². The van der Waals surface area contributed by atoms with E-state index in [2.05, 4.69) is 17.2 Å². The molecule has 0 aliphatic heterocycles. The van der Waals surface area contributed by atoms with Crippen molar-refractivity contribution in [1.82, 2.24) is 9.80 Å². The van der Waals surface area contributed by atoms with Crippen LogP contribution >= 0.6 is 0 Å². The van der Waals surface area contributed by atoms with E-state index in [1.54, 1.807) is 11.9 Å². The van der Waals surface area contributed by atoms with E-state index in [0.717, 1.165) is 44.4 Å². The molecule has 156 valence electrons. The maximum atomic E-state index is 12.7. The van der Waals surface area contributed by atoms with E-state index in [-0.39, 0.29) is 30.0 Å². The summed E-state index contributed by atoms with van der Waals surface area (Å²) in [6.45, 7) is 4.50. The van der Waals surface area contributed by atoms with E-state index >= 15 is 0 Å². The minimum Gasteiger partial charge on any atom is -0.372 e. The first-order valence-corrected chi connectivity index (χ1v) is 9.08. The number of carbonyl (C=O) groups is 2. The molecule has 0 heterocycles. The molecule has 5 nitrogen and oxygen atoms in total. The quantitative estimate of drug-likeness (QED) is 0.610. The molecule has 1 saturated carbocycles. The van der Waals surface area contributed by atoms with Crippen molar-refractivity contribution in [2.75, 3.05) is 20.6 Å². The Morgan fingerprint density at radius 2 is 1.68 bits per heavy atom. The number of hydrogen-bond donors (Lipinski definition) is 1. The number of nitrogens with two attached hydrogens (primary N) is 1. The van der Waals surface area contributed by atoms with Crippen molar-refractivity contribution in [3.8, 4) is 0 Å². The van der Waals surface area contributed by atoms with Crippen molar-refractivity contribution in [3.63, 3.8) is 0 Å². The number of rotatable bonds is 5. The smallest absolute Gasteiger partial charge is 0.372 e. The fourth-order valence-corrected chi connectivity index (χ4v) is 3.55. The van der Waals surface area contributed by atoms with Crippen LogP contribution in [-0.4, -0.2) is 54.8 Å². The minimum atomic E-state index is -4.39. The molecule has 2 amide bonds. The molecule has 0 bridgehead atoms. The molecule has 0 radical (unpaired) electrons. The maximum Gasteiger partial charge on any atom is 0.416 e. The largest absolute Gasteiger partial charge is 0.416 e. The van der Waals surface area contributed by atoms with Crippen LogP contribution in [0.3, 0.4) is 0 Å². The highest BCUT2D eigenvalue weighted by atomic mass is 19.4. The van der Waals surface area contributed by atoms with Crippen molar-refractivity contribution in [2.45, 2.75) is 43.9 Å². The number of hydrogen-bond acceptors (Lipinski definition) is 3. The van der Waals surface area contributed by atoms with Crippen LogP contribution in [0.15, 0.2) is 36.9 Å². The summed E-state index contributed by atoms with van der Waals surface area (Å²) in [5.41, 5.74) is 3.71. The van der Waals surface area contributed by atoms with E-state index in [1.807, 2.05) is 13.1 Å². The van der Waals surface area contributed by atoms with Gasteiger partial charge in [0.25, 0.3) is 5.91 Å². The highest BCUT2D eigenvalue weighted by Crippen LogP contribution is 2.30. The fourth-order valence-electron chi connectivity index (χ4n) is 3.55. The second-order valence-electron chi connectivity index (χ2n) is 6.77. The molecule has 0 saturated heterocycles. The Bertz CT molecular complexity index is 647. The molecule has 2 rings (SSSR count). The lowest BCUT2D eigenvalue weighted by Crippen LogP contribution is -2.52. The highest BCUT2D eigenvalue weighted by Gasteiger charge is 2.34. The SMILES string of the molecule is C=CCN(C)C1CCCCC1N(C)C(=O)c1ccc(C(F)(F)F)cc1.NC=O. The summed E-state index contributed by atoms with van der Waals surface area (Å²) >= 11 is 0. The Hall–Kier alpha value is -2.35. The van der Waals surface area contributed by atoms with Gasteiger partial charge in [-0.2, -0.15) is 13.2 Å². The summed E-state index contributed by atoms with van der Waals surface area (Å²) in [4.78, 5) is 25.2. The highest BCUT2D eigenvalue weighted by molar-refractivity contribution is 5.94. The zero-order valence-corrected chi connectivity index (χ0v) is 16.3. The number of halogens is 3. The van der Waals surface area contributed by atoms with Gasteiger partial charge in [-0.05, 0) is 44.2 Å². The molecule has 2 atom stereocenters. The van der Waals surface area contributed by atoms with Gasteiger partial charge >= 0.3 is 6.18 Å². The Kier molecular flexibility index (Phi) is 9.18. The average Bonchev–Trinajstić information content (AvgIpc) is 2.67. The summed E-state index contributed by atoms with van der Waals surface area (Å²) in [6.07, 6.45) is 1.76. The molecular formula is C20H28F3N3O2. The summed E-state index contributed by atoms with van der Waals surface area (Å²) in [6, 6.07) is 4.72. The lowest BCUT2D eigenvalue weighted by atomic mass is 9.88. The first-order chi connectivity index (χ1) is 13.2. The number of nitrogens with zero attached hydrogens (tertiary/aromatic N) is 2. The lowest BCUT2D eigenvalue weighted by Gasteiger charge is -2.42. The van der Waals surface area contributed by atoms with Crippen LogP contribution in [0, 0.1) is 0 Å². The molecule has 1 fully saturated rings. The molecule has 1 aliphatic rings. The predicted molar refractivity (Wildman–Crippen MR) is 103 cm³/mol. The molecule has 2 unspecified atom stereocenters. The van der Waals surface area contributed by atoms with Gasteiger partial charge in [0.15, 0.2) is 0 Å². The van der Waals surface area contributed by atoms with Crippen LogP contribution in [0.1, 0.15) is 41.6 Å². The zero-order valence-electron chi connectivity index (χ0n) is 16.3. The zero-order chi connectivity index (χ0) is 21.3. The molecule has 2 N–H and O–H groups in total. The van der Waals surface area contributed by atoms with E-state index in [1.165, 1.54) is 12.1 Å². The second-order valence-corrected chi connectivity index (χ2v) is 6.77. The average molecular weight is 399 g/mol. The molecule has 1 aromatic carbocycles. The van der Waals surface area contributed by atoms with Gasteiger partial charge in [0, 0.05) is 31.2 Å². The molecule has 8 heteroatoms. The topological polar surface area (TPSA) is 66.6 Å². The van der Waals surface area contributed by atoms with Gasteiger partial charge in [0.1, 0.15) is 0 Å². The molecule has 1 aromatic rings. The van der Waals surface area contributed by atoms with Crippen molar-refractivity contribution >= 4 is 12.3 Å². The van der Waals surface area contributed by atoms with Crippen LogP contribution in [0.25, 0.3) is 0 Å². The van der Waals surface area contributed by atoms with Crippen LogP contribution in [0.2, 0.25) is 0 Å². The first kappa shape index (κ1) is 23.7. The lowest BCUT2D eigenvalue weighted by molar-refractivity contribution is -0.137. The van der Waals surface area contributed by atoms with Gasteiger partial charge in [-0.3, -0.25) is 14.5 Å². The van der Waals surface area contributed by atoms with Gasteiger partial charge in [-0.25, -0.2) is 0 Å². The third-order valence-electron chi connectivity index (χ3n) is 4.95. The Balaban J connectivity index is 0.00000122. The van der Waals surface area contributed by atoms with E-state index in [4.69, 9.17) is 4.79 Å². The van der Waals surface area contributed by atoms with Crippen LogP contribution in [0.4, 0.5) is 13.2 Å². The normalized spacial score (nSPS) is 19.4. The van der Waals surface area contributed by atoms with Gasteiger partial charge < -0.3 is 10.6 Å². The Labute approximate surface area is 164 Å². The van der Waals surface area contributed by atoms with Gasteiger partial charge in [0.2, 0.25) is 6.41 Å². The molecule has 0 aromatic heterocycles. The number of primary amides is 1. The summed E-state index contributed by atoms with van der Waals surface area (Å²) in [5, 5.41) is 0. The predicted octanol–water partition coefficient (Wildman–Crippen LogP) is 3.31. The second kappa shape index (κ2) is 10.8. The first-order valence-electron chi connectivity index (χ1n) is 9.08. The summed E-state index contributed by atoms with van der Waals surface area (Å²) in [5.74, 6) is -0.238. The summed E-state index contributed by atoms with van der Waals surface area (Å²) in [7, 11) is 3.76. The third kappa shape index (κ3) is 6.37. The molecule has 0 spiro atoms. The van der Waals surface area contributed by atoms with Crippen molar-refractivity contribution in [1.29, 1.82) is 0 Å². The number of likely N-dealkylation sites (N-methyl/N-ethyl adjacent to an activating group) is 2. The van der Waals surface area contributed by atoms with Crippen molar-refractivity contribution in [2.24, 2.45) is 5.73 Å². The number of amides is 2. The Morgan fingerprint density at radius 3 is 2.14 bits per heavy atom. The minimum absolute atomic E-state index is 0.0495. The molecular weight excluding hydrogens is 371 g/mol. The van der Waals surface area contributed by atoms with E-state index in [0.29, 0.717) is 0 Å². The van der Waals surface area contributed by atoms with Gasteiger partial charge in [0.05, 0.1) is 5.56 Å². The van der Waals surface area contributed by atoms with Crippen LogP contribution in [-0.2, 0) is 11.0 Å². The molecule has 1 aliphatic carbocycles. The maximum absolute atomic E-state index is 12.7. The number of carbonyl (C=O) groups excluding carboxylic acids is 2. The number of alkyl halides is 3. The van der Waals surface area contributed by atoms with E-state index in [9.17, 15) is 18.0 Å². The van der Waals surface area contributed by atoms with Gasteiger partial charge in [-0.15, -0.1) is 6.58 Å². The number of benzene rings is 1. The summed E-state index contributed by atoms with van der Waals surface area (Å²) < 4.78 is 38.0. The Morgan fingerprint density at radius 1 is 1.18 bits per heavy atom. The van der Waals surface area contributed by atoms with E-state index < -0.39 is 11.7 Å².